The number of fused-ring (bicyclic) bond motifs is 1. The maximum absolute atomic E-state index is 12.1. The molecule has 2 rings (SSSR count). The molecule has 0 spiro atoms. The number of unbranched alkanes of at least 4 members (excludes halogenated alkanes) is 1. The molecule has 0 aromatic rings. The minimum Gasteiger partial charge on any atom is -0.481 e. The normalized spacial score (nSPS) is 34.0. The van der Waals surface area contributed by atoms with Crippen molar-refractivity contribution in [2.45, 2.75) is 70.2 Å². The Morgan fingerprint density at radius 3 is 2.41 bits per heavy atom. The first-order chi connectivity index (χ1) is 12.8. The minimum atomic E-state index is -1.23. The summed E-state index contributed by atoms with van der Waals surface area (Å²) in [5.41, 5.74) is 0. The smallest absolute Gasteiger partial charge is 0.311 e. The van der Waals surface area contributed by atoms with Crippen LogP contribution in [0, 0.1) is 11.8 Å². The molecule has 0 aromatic carbocycles. The number of carboxylic acid groups (broad SMARTS) is 1. The highest BCUT2D eigenvalue weighted by Crippen LogP contribution is 2.30. The van der Waals surface area contributed by atoms with Gasteiger partial charge in [0.25, 0.3) is 0 Å². The van der Waals surface area contributed by atoms with Crippen molar-refractivity contribution in [1.29, 1.82) is 0 Å². The minimum absolute atomic E-state index is 0.151. The molecule has 0 aromatic heterocycles. The number of carbonyl (C=O) groups is 2. The molecule has 0 aliphatic carbocycles. The van der Waals surface area contributed by atoms with E-state index in [0.717, 1.165) is 12.8 Å². The van der Waals surface area contributed by atoms with Crippen LogP contribution in [0.25, 0.3) is 0 Å². The van der Waals surface area contributed by atoms with Crippen molar-refractivity contribution in [3.8, 4) is 0 Å². The molecule has 0 saturated carbocycles. The molecule has 2 heterocycles. The van der Waals surface area contributed by atoms with Gasteiger partial charge in [-0.3, -0.25) is 9.59 Å². The van der Waals surface area contributed by atoms with Gasteiger partial charge in [0.1, 0.15) is 30.3 Å². The van der Waals surface area contributed by atoms with Crippen LogP contribution in [0.4, 0.5) is 0 Å². The van der Waals surface area contributed by atoms with E-state index in [4.69, 9.17) is 24.1 Å². The van der Waals surface area contributed by atoms with Crippen molar-refractivity contribution in [2.24, 2.45) is 11.8 Å². The van der Waals surface area contributed by atoms with Gasteiger partial charge in [-0.25, -0.2) is 0 Å². The number of hydrogen-bond acceptors (Lipinski definition) is 8. The quantitative estimate of drug-likeness (QED) is 0.396. The Morgan fingerprint density at radius 1 is 1.15 bits per heavy atom. The van der Waals surface area contributed by atoms with Crippen molar-refractivity contribution in [1.82, 2.24) is 0 Å². The lowest BCUT2D eigenvalue weighted by Crippen LogP contribution is -2.60. The summed E-state index contributed by atoms with van der Waals surface area (Å²) in [5, 5.41) is 28.9. The fourth-order valence-corrected chi connectivity index (χ4v) is 3.16. The van der Waals surface area contributed by atoms with Crippen LogP contribution in [-0.2, 0) is 28.5 Å². The molecule has 6 atom stereocenters. The monoisotopic (exact) mass is 390 g/mol. The molecule has 2 saturated heterocycles. The van der Waals surface area contributed by atoms with Gasteiger partial charge in [-0.15, -0.1) is 0 Å². The van der Waals surface area contributed by atoms with E-state index in [1.165, 1.54) is 0 Å². The maximum Gasteiger partial charge on any atom is 0.311 e. The van der Waals surface area contributed by atoms with Gasteiger partial charge >= 0.3 is 11.9 Å². The number of ether oxygens (including phenoxy) is 4. The van der Waals surface area contributed by atoms with E-state index >= 15 is 0 Å². The molecule has 27 heavy (non-hydrogen) atoms. The summed E-state index contributed by atoms with van der Waals surface area (Å²) < 4.78 is 21.9. The molecular formula is C18H30O9. The molecule has 0 amide bonds. The van der Waals surface area contributed by atoms with E-state index in [-0.39, 0.29) is 19.6 Å². The zero-order chi connectivity index (χ0) is 20.0. The van der Waals surface area contributed by atoms with Gasteiger partial charge in [0.2, 0.25) is 6.29 Å². The third kappa shape index (κ3) is 6.11. The summed E-state index contributed by atoms with van der Waals surface area (Å²) in [4.78, 5) is 23.3. The number of esters is 1. The number of carboxylic acids is 1. The van der Waals surface area contributed by atoms with E-state index < -0.39 is 55.2 Å². The van der Waals surface area contributed by atoms with Gasteiger partial charge in [0, 0.05) is 6.42 Å². The second-order valence-corrected chi connectivity index (χ2v) is 7.48. The standard InChI is InChI=1S/C18H30O9/c1-10(2)5-3-4-6-13(20)27-18-16-15(14(21)12(7-19)26-18)24-8-11(9-25-16)17(22)23/h10-12,14-16,18-19,21H,3-9H2,1-2H3,(H,22,23)/t11-,12-,14+,15+,16+,18-/m0/s1. The van der Waals surface area contributed by atoms with Crippen molar-refractivity contribution in [2.75, 3.05) is 19.8 Å². The summed E-state index contributed by atoms with van der Waals surface area (Å²) in [7, 11) is 0. The maximum atomic E-state index is 12.1. The Bertz CT molecular complexity index is 495. The van der Waals surface area contributed by atoms with E-state index in [9.17, 15) is 19.8 Å². The number of carbonyl (C=O) groups excluding carboxylic acids is 1. The number of hydrogen-bond donors (Lipinski definition) is 3. The largest absolute Gasteiger partial charge is 0.481 e. The fraction of sp³-hybridized carbons (Fsp3) is 0.889. The summed E-state index contributed by atoms with van der Waals surface area (Å²) in [6.07, 6.45) is -2.53. The number of aliphatic hydroxyl groups is 2. The Kier molecular flexibility index (Phi) is 8.43. The van der Waals surface area contributed by atoms with Gasteiger partial charge < -0.3 is 34.3 Å². The molecule has 0 radical (unpaired) electrons. The van der Waals surface area contributed by atoms with Crippen LogP contribution < -0.4 is 0 Å². The number of aliphatic hydroxyl groups excluding tert-OH is 2. The van der Waals surface area contributed by atoms with Gasteiger partial charge in [-0.1, -0.05) is 26.7 Å². The third-order valence-corrected chi connectivity index (χ3v) is 4.79. The Labute approximate surface area is 158 Å². The summed E-state index contributed by atoms with van der Waals surface area (Å²) in [5.74, 6) is -1.89. The van der Waals surface area contributed by atoms with Crippen LogP contribution in [0.2, 0.25) is 0 Å². The van der Waals surface area contributed by atoms with E-state index in [1.807, 2.05) is 0 Å². The second-order valence-electron chi connectivity index (χ2n) is 7.48. The van der Waals surface area contributed by atoms with Crippen molar-refractivity contribution >= 4 is 11.9 Å². The van der Waals surface area contributed by atoms with E-state index in [2.05, 4.69) is 13.8 Å². The van der Waals surface area contributed by atoms with Crippen molar-refractivity contribution in [3.05, 3.63) is 0 Å². The number of aliphatic carboxylic acids is 1. The molecule has 0 unspecified atom stereocenters. The van der Waals surface area contributed by atoms with E-state index in [0.29, 0.717) is 12.3 Å². The molecule has 9 nitrogen and oxygen atoms in total. The van der Waals surface area contributed by atoms with Crippen LogP contribution in [0.5, 0.6) is 0 Å². The van der Waals surface area contributed by atoms with Gasteiger partial charge in [-0.05, 0) is 12.3 Å². The predicted octanol–water partition coefficient (Wildman–Crippen LogP) is 0.309. The summed E-state index contributed by atoms with van der Waals surface area (Å²) >= 11 is 0. The molecule has 156 valence electrons. The fourth-order valence-electron chi connectivity index (χ4n) is 3.16. The van der Waals surface area contributed by atoms with Gasteiger partial charge in [-0.2, -0.15) is 0 Å². The molecule has 0 bridgehead atoms. The second kappa shape index (κ2) is 10.3. The Balaban J connectivity index is 1.98. The molecule has 2 aliphatic rings. The zero-order valence-electron chi connectivity index (χ0n) is 15.8. The topological polar surface area (TPSA) is 132 Å². The molecule has 2 fully saturated rings. The highest BCUT2D eigenvalue weighted by Gasteiger charge is 2.50. The SMILES string of the molecule is CC(C)CCCCC(=O)O[C@@H]1O[C@@H](CO)[C@@H](O)[C@H]2OC[C@H](C(=O)O)CO[C@@H]12. The lowest BCUT2D eigenvalue weighted by molar-refractivity contribution is -0.301. The zero-order valence-corrected chi connectivity index (χ0v) is 15.8. The average molecular weight is 390 g/mol. The van der Waals surface area contributed by atoms with Gasteiger partial charge in [0.05, 0.1) is 19.8 Å². The summed E-state index contributed by atoms with van der Waals surface area (Å²) in [6.45, 7) is 3.42. The van der Waals surface area contributed by atoms with Crippen LogP contribution in [-0.4, -0.2) is 77.8 Å². The lowest BCUT2D eigenvalue weighted by Gasteiger charge is -2.42. The third-order valence-electron chi connectivity index (χ3n) is 4.79. The predicted molar refractivity (Wildman–Crippen MR) is 91.8 cm³/mol. The molecule has 3 N–H and O–H groups in total. The average Bonchev–Trinajstić information content (AvgIpc) is 2.84. The highest BCUT2D eigenvalue weighted by atomic mass is 16.7. The van der Waals surface area contributed by atoms with Gasteiger partial charge in [0.15, 0.2) is 0 Å². The summed E-state index contributed by atoms with van der Waals surface area (Å²) in [6, 6.07) is 0. The van der Waals surface area contributed by atoms with Crippen molar-refractivity contribution in [3.63, 3.8) is 0 Å². The molecular weight excluding hydrogens is 360 g/mol. The van der Waals surface area contributed by atoms with Crippen LogP contribution in [0.1, 0.15) is 39.5 Å². The first kappa shape index (κ1) is 22.0. The number of rotatable bonds is 8. The van der Waals surface area contributed by atoms with Crippen LogP contribution in [0.15, 0.2) is 0 Å². The van der Waals surface area contributed by atoms with Crippen LogP contribution >= 0.6 is 0 Å². The lowest BCUT2D eigenvalue weighted by atomic mass is 9.99. The molecule has 2 aliphatic heterocycles. The first-order valence-corrected chi connectivity index (χ1v) is 9.43. The highest BCUT2D eigenvalue weighted by molar-refractivity contribution is 5.70. The Hall–Kier alpha value is -1.26. The van der Waals surface area contributed by atoms with Crippen LogP contribution in [0.3, 0.4) is 0 Å². The first-order valence-electron chi connectivity index (χ1n) is 9.43. The van der Waals surface area contributed by atoms with Crippen molar-refractivity contribution < 1.29 is 43.9 Å². The Morgan fingerprint density at radius 2 is 1.81 bits per heavy atom. The van der Waals surface area contributed by atoms with E-state index in [1.54, 1.807) is 0 Å². The molecule has 9 heteroatoms.